The van der Waals surface area contributed by atoms with E-state index in [1.807, 2.05) is 24.3 Å². The smallest absolute Gasteiger partial charge is 0.306 e. The first-order chi connectivity index (χ1) is 11.1. The summed E-state index contributed by atoms with van der Waals surface area (Å²) < 4.78 is 2.65. The number of aromatic nitrogens is 3. The molecule has 23 heavy (non-hydrogen) atoms. The van der Waals surface area contributed by atoms with Crippen molar-refractivity contribution in [3.8, 4) is 0 Å². The third-order valence-electron chi connectivity index (χ3n) is 4.55. The molecule has 0 unspecified atom stereocenters. The van der Waals surface area contributed by atoms with Crippen LogP contribution in [0.15, 0.2) is 29.3 Å². The Hall–Kier alpha value is -2.41. The van der Waals surface area contributed by atoms with E-state index in [1.165, 1.54) is 0 Å². The predicted octanol–water partition coefficient (Wildman–Crippen LogP) is 0.512. The van der Waals surface area contributed by atoms with Crippen molar-refractivity contribution in [2.24, 2.45) is 4.99 Å². The van der Waals surface area contributed by atoms with Crippen LogP contribution in [0.2, 0.25) is 0 Å². The Bertz CT molecular complexity index is 773. The fraction of sp³-hybridized carbons (Fsp3) is 0.438. The van der Waals surface area contributed by atoms with Gasteiger partial charge in [0.2, 0.25) is 0 Å². The average Bonchev–Trinajstić information content (AvgIpc) is 2.74. The monoisotopic (exact) mass is 312 g/mol. The van der Waals surface area contributed by atoms with Gasteiger partial charge in [0, 0.05) is 38.2 Å². The number of rotatable bonds is 0. The molecule has 2 aliphatic heterocycles. The van der Waals surface area contributed by atoms with Gasteiger partial charge in [-0.25, -0.2) is 4.73 Å². The normalized spacial score (nSPS) is 18.2. The second kappa shape index (κ2) is 5.34. The van der Waals surface area contributed by atoms with Gasteiger partial charge in [-0.2, -0.15) is 4.99 Å². The van der Waals surface area contributed by atoms with Crippen molar-refractivity contribution in [3.05, 3.63) is 46.7 Å². The number of aliphatic imine (C=N–C) groups is 1. The van der Waals surface area contributed by atoms with E-state index in [0.717, 1.165) is 48.1 Å². The summed E-state index contributed by atoms with van der Waals surface area (Å²) in [5.41, 5.74) is 1.98. The summed E-state index contributed by atoms with van der Waals surface area (Å²) in [6.07, 6.45) is 0.543. The molecule has 7 heteroatoms. The first-order valence-corrected chi connectivity index (χ1v) is 7.92. The van der Waals surface area contributed by atoms with Gasteiger partial charge in [0.15, 0.2) is 0 Å². The molecule has 0 saturated carbocycles. The molecule has 0 N–H and O–H groups in total. The molecule has 1 aromatic carbocycles. The summed E-state index contributed by atoms with van der Waals surface area (Å²) in [7, 11) is 2.12. The van der Waals surface area contributed by atoms with E-state index >= 15 is 0 Å². The number of fused-ring (bicyclic) bond motifs is 2. The molecule has 1 aromatic heterocycles. The van der Waals surface area contributed by atoms with E-state index in [1.54, 1.807) is 11.6 Å². The zero-order chi connectivity index (χ0) is 16.0. The topological polar surface area (TPSA) is 63.6 Å². The van der Waals surface area contributed by atoms with Crippen LogP contribution in [-0.4, -0.2) is 58.8 Å². The molecular weight excluding hydrogens is 292 g/mol. The van der Waals surface area contributed by atoms with Gasteiger partial charge in [-0.15, -0.1) is 0 Å². The molecule has 120 valence electrons. The largest absolute Gasteiger partial charge is 0.740 e. The number of piperazine rings is 1. The van der Waals surface area contributed by atoms with Crippen molar-refractivity contribution < 1.29 is 4.73 Å². The number of para-hydroxylation sites is 1. The zero-order valence-electron chi connectivity index (χ0n) is 13.4. The van der Waals surface area contributed by atoms with Crippen LogP contribution in [0, 0.1) is 12.1 Å². The standard InChI is InChI=1S/C16H20N6O/c1-12-18-21-15(22(12)23)11-13-5-3-4-6-14(13)17-16(21)20-9-7-19(2)8-10-20/h3-6H,7-11H2,1-2H3. The molecule has 2 aromatic rings. The van der Waals surface area contributed by atoms with Crippen molar-refractivity contribution in [1.82, 2.24) is 19.6 Å². The van der Waals surface area contributed by atoms with Crippen molar-refractivity contribution >= 4 is 11.6 Å². The molecule has 0 spiro atoms. The van der Waals surface area contributed by atoms with Crippen LogP contribution in [-0.2, 0) is 6.42 Å². The molecule has 0 bridgehead atoms. The second-order valence-corrected chi connectivity index (χ2v) is 6.18. The van der Waals surface area contributed by atoms with E-state index in [0.29, 0.717) is 18.1 Å². The van der Waals surface area contributed by atoms with Crippen LogP contribution in [0.1, 0.15) is 17.2 Å². The Morgan fingerprint density at radius 1 is 1.13 bits per heavy atom. The SMILES string of the molecule is Cc1nn2c([n+]1[O-])Cc1ccccc1N=C2N1CCN(C)CC1. The molecule has 7 nitrogen and oxygen atoms in total. The summed E-state index contributed by atoms with van der Waals surface area (Å²) in [6.45, 7) is 5.47. The van der Waals surface area contributed by atoms with Crippen molar-refractivity contribution in [2.75, 3.05) is 33.2 Å². The Labute approximate surface area is 135 Å². The average molecular weight is 312 g/mol. The summed E-state index contributed by atoms with van der Waals surface area (Å²) in [5.74, 6) is 1.85. The van der Waals surface area contributed by atoms with Crippen LogP contribution in [0.3, 0.4) is 0 Å². The minimum Gasteiger partial charge on any atom is -0.740 e. The summed E-state index contributed by atoms with van der Waals surface area (Å²) in [5, 5.41) is 16.9. The number of nitrogens with zero attached hydrogens (tertiary/aromatic N) is 6. The predicted molar refractivity (Wildman–Crippen MR) is 86.7 cm³/mol. The fourth-order valence-corrected chi connectivity index (χ4v) is 3.13. The van der Waals surface area contributed by atoms with Gasteiger partial charge in [0.25, 0.3) is 11.6 Å². The number of aryl methyl sites for hydroxylation is 1. The lowest BCUT2D eigenvalue weighted by molar-refractivity contribution is -0.620. The maximum Gasteiger partial charge on any atom is 0.306 e. The van der Waals surface area contributed by atoms with Crippen LogP contribution >= 0.6 is 0 Å². The van der Waals surface area contributed by atoms with E-state index < -0.39 is 0 Å². The quantitative estimate of drug-likeness (QED) is 0.525. The van der Waals surface area contributed by atoms with Crippen molar-refractivity contribution in [2.45, 2.75) is 13.3 Å². The van der Waals surface area contributed by atoms with Crippen molar-refractivity contribution in [1.29, 1.82) is 0 Å². The van der Waals surface area contributed by atoms with E-state index in [9.17, 15) is 5.21 Å². The van der Waals surface area contributed by atoms with Gasteiger partial charge in [-0.3, -0.25) is 0 Å². The highest BCUT2D eigenvalue weighted by atomic mass is 16.5. The summed E-state index contributed by atoms with van der Waals surface area (Å²) in [4.78, 5) is 9.37. The van der Waals surface area contributed by atoms with E-state index in [2.05, 4.69) is 21.9 Å². The van der Waals surface area contributed by atoms with Crippen LogP contribution in [0.25, 0.3) is 0 Å². The van der Waals surface area contributed by atoms with Gasteiger partial charge in [0.1, 0.15) is 0 Å². The number of hydrogen-bond acceptors (Lipinski definition) is 5. The summed E-state index contributed by atoms with van der Waals surface area (Å²) >= 11 is 0. The third-order valence-corrected chi connectivity index (χ3v) is 4.55. The highest BCUT2D eigenvalue weighted by Gasteiger charge is 2.32. The minimum atomic E-state index is 0.459. The molecule has 4 rings (SSSR count). The second-order valence-electron chi connectivity index (χ2n) is 6.18. The summed E-state index contributed by atoms with van der Waals surface area (Å²) in [6, 6.07) is 7.99. The molecule has 0 aliphatic carbocycles. The Kier molecular flexibility index (Phi) is 3.30. The lowest BCUT2D eigenvalue weighted by Gasteiger charge is -2.32. The van der Waals surface area contributed by atoms with Gasteiger partial charge in [-0.05, 0) is 23.4 Å². The maximum absolute atomic E-state index is 12.4. The molecule has 1 fully saturated rings. The number of hydrogen-bond donors (Lipinski definition) is 0. The zero-order valence-corrected chi connectivity index (χ0v) is 13.4. The highest BCUT2D eigenvalue weighted by molar-refractivity contribution is 5.86. The van der Waals surface area contributed by atoms with Gasteiger partial charge in [-0.1, -0.05) is 18.2 Å². The molecule has 2 aliphatic rings. The highest BCUT2D eigenvalue weighted by Crippen LogP contribution is 2.25. The first-order valence-electron chi connectivity index (χ1n) is 7.92. The maximum atomic E-state index is 12.4. The van der Waals surface area contributed by atoms with Crippen LogP contribution in [0.4, 0.5) is 5.69 Å². The molecule has 0 radical (unpaired) electrons. The lowest BCUT2D eigenvalue weighted by atomic mass is 10.1. The molecule has 0 atom stereocenters. The van der Waals surface area contributed by atoms with E-state index in [4.69, 9.17) is 4.99 Å². The van der Waals surface area contributed by atoms with E-state index in [-0.39, 0.29) is 0 Å². The van der Waals surface area contributed by atoms with Gasteiger partial charge < -0.3 is 15.0 Å². The Morgan fingerprint density at radius 3 is 2.65 bits per heavy atom. The van der Waals surface area contributed by atoms with Crippen LogP contribution in [0.5, 0.6) is 0 Å². The molecule has 3 heterocycles. The Balaban J connectivity index is 1.85. The minimum absolute atomic E-state index is 0.459. The van der Waals surface area contributed by atoms with Gasteiger partial charge in [0.05, 0.1) is 12.1 Å². The lowest BCUT2D eigenvalue weighted by Crippen LogP contribution is -2.50. The number of likely N-dealkylation sites (N-methyl/N-ethyl adjacent to an activating group) is 1. The molecular formula is C16H20N6O. The van der Waals surface area contributed by atoms with Crippen molar-refractivity contribution in [3.63, 3.8) is 0 Å². The molecule has 1 saturated heterocycles. The first kappa shape index (κ1) is 14.2. The van der Waals surface area contributed by atoms with Crippen LogP contribution < -0.4 is 4.73 Å². The number of benzene rings is 1. The molecule has 0 amide bonds. The fourth-order valence-electron chi connectivity index (χ4n) is 3.13. The third kappa shape index (κ3) is 2.37. The Morgan fingerprint density at radius 2 is 1.87 bits per heavy atom. The van der Waals surface area contributed by atoms with Gasteiger partial charge >= 0.3 is 5.96 Å².